The van der Waals surface area contributed by atoms with E-state index in [1.54, 1.807) is 36.4 Å². The quantitative estimate of drug-likeness (QED) is 0.191. The zero-order valence-electron chi connectivity index (χ0n) is 20.2. The van der Waals surface area contributed by atoms with Crippen LogP contribution < -0.4 is 14.8 Å². The molecule has 0 unspecified atom stereocenters. The minimum Gasteiger partial charge on any atom is -0.506 e. The van der Waals surface area contributed by atoms with E-state index in [2.05, 4.69) is 20.3 Å². The average Bonchev–Trinajstić information content (AvgIpc) is 3.38. The van der Waals surface area contributed by atoms with E-state index in [9.17, 15) is 13.9 Å². The fraction of sp³-hybridized carbons (Fsp3) is 0.148. The van der Waals surface area contributed by atoms with Crippen molar-refractivity contribution in [3.8, 4) is 27.8 Å². The molecule has 0 radical (unpaired) electrons. The van der Waals surface area contributed by atoms with Gasteiger partial charge in [-0.3, -0.25) is 0 Å². The molecular weight excluding hydrogens is 534 g/mol. The van der Waals surface area contributed by atoms with Crippen molar-refractivity contribution >= 4 is 45.3 Å². The highest BCUT2D eigenvalue weighted by molar-refractivity contribution is 7.13. The molecule has 7 nitrogen and oxygen atoms in total. The number of rotatable bonds is 8. The smallest absolute Gasteiger partial charge is 0.270 e. The second kappa shape index (κ2) is 10.4. The van der Waals surface area contributed by atoms with Gasteiger partial charge in [0.25, 0.3) is 5.92 Å². The normalized spacial score (nSPS) is 11.5. The molecule has 2 N–H and O–H groups in total. The van der Waals surface area contributed by atoms with E-state index in [4.69, 9.17) is 21.1 Å². The Morgan fingerprint density at radius 2 is 1.84 bits per heavy atom. The van der Waals surface area contributed by atoms with E-state index in [1.807, 2.05) is 5.38 Å². The standard InChI is InChI=1S/C27H21ClF2N4O3S/c1-27(29,30)16-5-3-15(4-6-16)26-34-18(13-38-26)12-37-24-11-21-19(10-23(24)36-2)25(32-14-31-21)33-17-7-8-22(35)20(28)9-17/h3-11,13-14,35H,12H2,1-2H3,(H,31,32,33). The van der Waals surface area contributed by atoms with Gasteiger partial charge in [-0.15, -0.1) is 11.3 Å². The van der Waals surface area contributed by atoms with E-state index in [0.717, 1.165) is 12.5 Å². The number of alkyl halides is 2. The van der Waals surface area contributed by atoms with Gasteiger partial charge in [0.15, 0.2) is 11.5 Å². The molecule has 5 rings (SSSR count). The lowest BCUT2D eigenvalue weighted by Gasteiger charge is -2.13. The molecular formula is C27H21ClF2N4O3S. The van der Waals surface area contributed by atoms with Gasteiger partial charge in [0, 0.05) is 40.6 Å². The highest BCUT2D eigenvalue weighted by Gasteiger charge is 2.24. The number of hydrogen-bond acceptors (Lipinski definition) is 8. The molecule has 0 aliphatic heterocycles. The highest BCUT2D eigenvalue weighted by Crippen LogP contribution is 2.36. The number of anilines is 2. The molecule has 0 saturated carbocycles. The summed E-state index contributed by atoms with van der Waals surface area (Å²) < 4.78 is 38.6. The Balaban J connectivity index is 1.35. The number of benzene rings is 3. The number of aromatic hydroxyl groups is 1. The summed E-state index contributed by atoms with van der Waals surface area (Å²) >= 11 is 7.42. The molecule has 5 aromatic rings. The molecule has 194 valence electrons. The molecule has 0 fully saturated rings. The summed E-state index contributed by atoms with van der Waals surface area (Å²) in [7, 11) is 1.54. The Kier molecular flexibility index (Phi) is 7.00. The molecule has 0 saturated heterocycles. The second-order valence-corrected chi connectivity index (χ2v) is 9.70. The molecule has 2 aromatic heterocycles. The summed E-state index contributed by atoms with van der Waals surface area (Å²) in [6.07, 6.45) is 1.43. The molecule has 0 spiro atoms. The summed E-state index contributed by atoms with van der Waals surface area (Å²) in [6.45, 7) is 1.04. The van der Waals surface area contributed by atoms with Crippen molar-refractivity contribution in [3.05, 3.63) is 82.6 Å². The average molecular weight is 555 g/mol. The molecule has 11 heteroatoms. The monoisotopic (exact) mass is 554 g/mol. The van der Waals surface area contributed by atoms with Gasteiger partial charge < -0.3 is 19.9 Å². The molecule has 0 bridgehead atoms. The third-order valence-corrected chi connectivity index (χ3v) is 6.94. The Morgan fingerprint density at radius 3 is 2.55 bits per heavy atom. The first-order valence-corrected chi connectivity index (χ1v) is 12.6. The molecule has 0 aliphatic carbocycles. The van der Waals surface area contributed by atoms with Crippen LogP contribution in [0.25, 0.3) is 21.5 Å². The zero-order chi connectivity index (χ0) is 26.9. The summed E-state index contributed by atoms with van der Waals surface area (Å²) in [6, 6.07) is 14.4. The number of nitrogens with one attached hydrogen (secondary N) is 1. The van der Waals surface area contributed by atoms with Crippen molar-refractivity contribution in [1.82, 2.24) is 15.0 Å². The molecule has 3 aromatic carbocycles. The van der Waals surface area contributed by atoms with Crippen LogP contribution >= 0.6 is 22.9 Å². The van der Waals surface area contributed by atoms with Crippen LogP contribution in [0.15, 0.2) is 66.3 Å². The minimum absolute atomic E-state index is 0.0143. The van der Waals surface area contributed by atoms with Crippen LogP contribution in [0.1, 0.15) is 18.2 Å². The first kappa shape index (κ1) is 25.6. The maximum atomic E-state index is 13.5. The number of fused-ring (bicyclic) bond motifs is 1. The molecule has 0 atom stereocenters. The van der Waals surface area contributed by atoms with E-state index in [0.29, 0.717) is 44.6 Å². The molecule has 0 amide bonds. The van der Waals surface area contributed by atoms with E-state index in [-0.39, 0.29) is 22.9 Å². The van der Waals surface area contributed by atoms with Crippen LogP contribution in [0, 0.1) is 0 Å². The van der Waals surface area contributed by atoms with Crippen LogP contribution in [-0.2, 0) is 12.5 Å². The Labute approximate surface area is 225 Å². The van der Waals surface area contributed by atoms with Crippen LogP contribution in [0.5, 0.6) is 17.2 Å². The molecule has 38 heavy (non-hydrogen) atoms. The first-order chi connectivity index (χ1) is 18.2. The summed E-state index contributed by atoms with van der Waals surface area (Å²) in [4.78, 5) is 13.3. The van der Waals surface area contributed by atoms with Gasteiger partial charge in [0.1, 0.15) is 29.5 Å². The summed E-state index contributed by atoms with van der Waals surface area (Å²) in [5.41, 5.74) is 2.66. The lowest BCUT2D eigenvalue weighted by Crippen LogP contribution is -2.06. The number of ether oxygens (including phenoxy) is 2. The second-order valence-electron chi connectivity index (χ2n) is 8.43. The lowest BCUT2D eigenvalue weighted by atomic mass is 10.1. The number of halogens is 3. The predicted molar refractivity (Wildman–Crippen MR) is 144 cm³/mol. The van der Waals surface area contributed by atoms with Crippen LogP contribution in [0.2, 0.25) is 5.02 Å². The molecule has 2 heterocycles. The summed E-state index contributed by atoms with van der Waals surface area (Å²) in [5.74, 6) is -1.43. The maximum absolute atomic E-state index is 13.5. The van der Waals surface area contributed by atoms with Crippen molar-refractivity contribution in [1.29, 1.82) is 0 Å². The van der Waals surface area contributed by atoms with Crippen molar-refractivity contribution < 1.29 is 23.4 Å². The largest absolute Gasteiger partial charge is 0.506 e. The van der Waals surface area contributed by atoms with Crippen LogP contribution in [0.4, 0.5) is 20.3 Å². The van der Waals surface area contributed by atoms with Gasteiger partial charge in [-0.05, 0) is 24.3 Å². The van der Waals surface area contributed by atoms with Crippen molar-refractivity contribution in [2.24, 2.45) is 0 Å². The van der Waals surface area contributed by atoms with Gasteiger partial charge in [-0.2, -0.15) is 0 Å². The third kappa shape index (κ3) is 5.46. The van der Waals surface area contributed by atoms with Crippen molar-refractivity contribution in [3.63, 3.8) is 0 Å². The van der Waals surface area contributed by atoms with Gasteiger partial charge in [-0.25, -0.2) is 23.7 Å². The van der Waals surface area contributed by atoms with E-state index >= 15 is 0 Å². The van der Waals surface area contributed by atoms with Gasteiger partial charge in [0.2, 0.25) is 0 Å². The van der Waals surface area contributed by atoms with Gasteiger partial charge in [0.05, 0.1) is 23.3 Å². The predicted octanol–water partition coefficient (Wildman–Crippen LogP) is 7.56. The van der Waals surface area contributed by atoms with E-state index in [1.165, 1.54) is 43.0 Å². The van der Waals surface area contributed by atoms with Gasteiger partial charge >= 0.3 is 0 Å². The number of aromatic nitrogens is 3. The van der Waals surface area contributed by atoms with E-state index < -0.39 is 5.92 Å². The Morgan fingerprint density at radius 1 is 1.05 bits per heavy atom. The fourth-order valence-electron chi connectivity index (χ4n) is 3.72. The summed E-state index contributed by atoms with van der Waals surface area (Å²) in [5, 5.41) is 16.3. The van der Waals surface area contributed by atoms with Crippen molar-refractivity contribution in [2.75, 3.05) is 12.4 Å². The Bertz CT molecular complexity index is 1610. The van der Waals surface area contributed by atoms with Crippen LogP contribution in [0.3, 0.4) is 0 Å². The first-order valence-electron chi connectivity index (χ1n) is 11.4. The number of phenolic OH excluding ortho intramolecular Hbond substituents is 1. The number of nitrogens with zero attached hydrogens (tertiary/aromatic N) is 3. The highest BCUT2D eigenvalue weighted by atomic mass is 35.5. The third-order valence-electron chi connectivity index (χ3n) is 5.70. The number of methoxy groups -OCH3 is 1. The van der Waals surface area contributed by atoms with Crippen LogP contribution in [-0.4, -0.2) is 27.2 Å². The number of phenols is 1. The maximum Gasteiger partial charge on any atom is 0.270 e. The zero-order valence-corrected chi connectivity index (χ0v) is 21.8. The minimum atomic E-state index is -2.89. The van der Waals surface area contributed by atoms with Crippen molar-refractivity contribution in [2.45, 2.75) is 19.5 Å². The topological polar surface area (TPSA) is 89.4 Å². The Hall–Kier alpha value is -4.02. The lowest BCUT2D eigenvalue weighted by molar-refractivity contribution is 0.0175. The number of hydrogen-bond donors (Lipinski definition) is 2. The SMILES string of the molecule is COc1cc2c(Nc3ccc(O)c(Cl)c3)ncnc2cc1OCc1csc(-c2ccc(C(C)(F)F)cc2)n1. The van der Waals surface area contributed by atoms with Gasteiger partial charge in [-0.1, -0.05) is 35.9 Å². The fourth-order valence-corrected chi connectivity index (χ4v) is 4.71. The molecule has 0 aliphatic rings. The number of thiazole rings is 1.